The van der Waals surface area contributed by atoms with Crippen LogP contribution >= 0.6 is 0 Å². The maximum absolute atomic E-state index is 11.0. The van der Waals surface area contributed by atoms with Crippen LogP contribution in [0, 0.1) is 11.3 Å². The number of rotatable bonds is 2. The van der Waals surface area contributed by atoms with Gasteiger partial charge in [-0.1, -0.05) is 30.3 Å². The molecule has 0 bridgehead atoms. The summed E-state index contributed by atoms with van der Waals surface area (Å²) >= 11 is 0. The standard InChI is InChI=1S/C18H18N2O/c1-18(21,15-7-4-5-13(11-15)12-19)17-10-9-14-6-2-3-8-16(14)20-17/h2-8,11,17,20-21H,9-10H2,1H3. The predicted octanol–water partition coefficient (Wildman–Crippen LogP) is 3.19. The SMILES string of the molecule is CC(O)(c1cccc(C#N)c1)C1CCc2ccccc2N1. The Morgan fingerprint density at radius 1 is 1.24 bits per heavy atom. The van der Waals surface area contributed by atoms with Gasteiger partial charge in [-0.2, -0.15) is 5.26 Å². The van der Waals surface area contributed by atoms with Gasteiger partial charge in [0.15, 0.2) is 0 Å². The highest BCUT2D eigenvalue weighted by atomic mass is 16.3. The first kappa shape index (κ1) is 13.7. The molecule has 0 saturated heterocycles. The Bertz CT molecular complexity index is 700. The van der Waals surface area contributed by atoms with Crippen LogP contribution < -0.4 is 5.32 Å². The van der Waals surface area contributed by atoms with Crippen molar-refractivity contribution in [2.75, 3.05) is 5.32 Å². The second kappa shape index (κ2) is 5.23. The van der Waals surface area contributed by atoms with Crippen molar-refractivity contribution in [1.29, 1.82) is 5.26 Å². The number of anilines is 1. The van der Waals surface area contributed by atoms with Gasteiger partial charge in [0.1, 0.15) is 5.60 Å². The molecule has 2 aromatic carbocycles. The first-order chi connectivity index (χ1) is 10.1. The Labute approximate surface area is 124 Å². The molecule has 0 aliphatic carbocycles. The number of nitrogens with zero attached hydrogens (tertiary/aromatic N) is 1. The quantitative estimate of drug-likeness (QED) is 0.887. The van der Waals surface area contributed by atoms with Crippen LogP contribution in [0.4, 0.5) is 5.69 Å². The summed E-state index contributed by atoms with van der Waals surface area (Å²) in [4.78, 5) is 0. The number of aliphatic hydroxyl groups is 1. The zero-order valence-corrected chi connectivity index (χ0v) is 12.0. The second-order valence-electron chi connectivity index (χ2n) is 5.73. The number of hydrogen-bond donors (Lipinski definition) is 2. The molecular formula is C18H18N2O. The van der Waals surface area contributed by atoms with Gasteiger partial charge in [0, 0.05) is 5.69 Å². The number of nitrogens with one attached hydrogen (secondary N) is 1. The minimum absolute atomic E-state index is 0.0682. The van der Waals surface area contributed by atoms with E-state index in [0.29, 0.717) is 5.56 Å². The van der Waals surface area contributed by atoms with Crippen LogP contribution in [0.15, 0.2) is 48.5 Å². The number of nitriles is 1. The number of fused-ring (bicyclic) bond motifs is 1. The minimum Gasteiger partial charge on any atom is -0.383 e. The molecule has 2 N–H and O–H groups in total. The van der Waals surface area contributed by atoms with Gasteiger partial charge in [-0.15, -0.1) is 0 Å². The Morgan fingerprint density at radius 2 is 2.05 bits per heavy atom. The van der Waals surface area contributed by atoms with Crippen LogP contribution in [0.5, 0.6) is 0 Å². The molecule has 0 spiro atoms. The fourth-order valence-electron chi connectivity index (χ4n) is 2.97. The van der Waals surface area contributed by atoms with Gasteiger partial charge in [-0.25, -0.2) is 0 Å². The third kappa shape index (κ3) is 2.51. The third-order valence-electron chi connectivity index (χ3n) is 4.30. The molecule has 21 heavy (non-hydrogen) atoms. The summed E-state index contributed by atoms with van der Waals surface area (Å²) in [5.74, 6) is 0. The Morgan fingerprint density at radius 3 is 2.86 bits per heavy atom. The van der Waals surface area contributed by atoms with Crippen molar-refractivity contribution in [1.82, 2.24) is 0 Å². The highest BCUT2D eigenvalue weighted by Crippen LogP contribution is 2.34. The second-order valence-corrected chi connectivity index (χ2v) is 5.73. The third-order valence-corrected chi connectivity index (χ3v) is 4.30. The summed E-state index contributed by atoms with van der Waals surface area (Å²) in [6.07, 6.45) is 1.81. The fraction of sp³-hybridized carbons (Fsp3) is 0.278. The molecule has 0 amide bonds. The molecule has 2 aromatic rings. The monoisotopic (exact) mass is 278 g/mol. The van der Waals surface area contributed by atoms with Gasteiger partial charge in [-0.05, 0) is 49.1 Å². The lowest BCUT2D eigenvalue weighted by molar-refractivity contribution is 0.0322. The lowest BCUT2D eigenvalue weighted by Crippen LogP contribution is -2.44. The summed E-state index contributed by atoms with van der Waals surface area (Å²) in [6, 6.07) is 17.5. The lowest BCUT2D eigenvalue weighted by Gasteiger charge is -2.38. The molecule has 3 rings (SSSR count). The summed E-state index contributed by atoms with van der Waals surface area (Å²) in [7, 11) is 0. The van der Waals surface area contributed by atoms with Crippen molar-refractivity contribution < 1.29 is 5.11 Å². The van der Waals surface area contributed by atoms with Crippen LogP contribution in [0.25, 0.3) is 0 Å². The molecule has 0 radical (unpaired) electrons. The van der Waals surface area contributed by atoms with Crippen LogP contribution in [0.3, 0.4) is 0 Å². The Hall–Kier alpha value is -2.31. The summed E-state index contributed by atoms with van der Waals surface area (Å²) in [6.45, 7) is 1.81. The Kier molecular flexibility index (Phi) is 3.40. The van der Waals surface area contributed by atoms with Crippen molar-refractivity contribution in [2.45, 2.75) is 31.4 Å². The van der Waals surface area contributed by atoms with E-state index >= 15 is 0 Å². The highest BCUT2D eigenvalue weighted by molar-refractivity contribution is 5.54. The molecule has 1 aliphatic heterocycles. The number of aryl methyl sites for hydroxylation is 1. The van der Waals surface area contributed by atoms with Crippen molar-refractivity contribution >= 4 is 5.69 Å². The van der Waals surface area contributed by atoms with E-state index in [9.17, 15) is 5.11 Å². The first-order valence-corrected chi connectivity index (χ1v) is 7.19. The van der Waals surface area contributed by atoms with Crippen molar-refractivity contribution in [3.63, 3.8) is 0 Å². The number of hydrogen-bond acceptors (Lipinski definition) is 3. The highest BCUT2D eigenvalue weighted by Gasteiger charge is 2.35. The van der Waals surface area contributed by atoms with E-state index in [0.717, 1.165) is 24.1 Å². The number of para-hydroxylation sites is 1. The number of benzene rings is 2. The first-order valence-electron chi connectivity index (χ1n) is 7.19. The maximum atomic E-state index is 11.0. The van der Waals surface area contributed by atoms with Gasteiger partial charge in [0.2, 0.25) is 0 Å². The fourth-order valence-corrected chi connectivity index (χ4v) is 2.97. The van der Waals surface area contributed by atoms with Crippen LogP contribution in [-0.2, 0) is 12.0 Å². The Balaban J connectivity index is 1.91. The molecule has 0 aromatic heterocycles. The van der Waals surface area contributed by atoms with Gasteiger partial charge in [0.05, 0.1) is 17.7 Å². The predicted molar refractivity (Wildman–Crippen MR) is 82.9 cm³/mol. The lowest BCUT2D eigenvalue weighted by atomic mass is 9.82. The van der Waals surface area contributed by atoms with Crippen molar-refractivity contribution in [3.05, 3.63) is 65.2 Å². The average Bonchev–Trinajstić information content (AvgIpc) is 2.54. The van der Waals surface area contributed by atoms with Crippen LogP contribution in [-0.4, -0.2) is 11.1 Å². The van der Waals surface area contributed by atoms with E-state index in [4.69, 9.17) is 5.26 Å². The zero-order chi connectivity index (χ0) is 14.9. The minimum atomic E-state index is -1.01. The molecule has 0 saturated carbocycles. The van der Waals surface area contributed by atoms with Gasteiger partial charge in [-0.3, -0.25) is 0 Å². The topological polar surface area (TPSA) is 56.0 Å². The van der Waals surface area contributed by atoms with E-state index in [-0.39, 0.29) is 6.04 Å². The molecule has 2 unspecified atom stereocenters. The van der Waals surface area contributed by atoms with Gasteiger partial charge < -0.3 is 10.4 Å². The van der Waals surface area contributed by atoms with Crippen molar-refractivity contribution in [3.8, 4) is 6.07 Å². The van der Waals surface area contributed by atoms with Crippen molar-refractivity contribution in [2.24, 2.45) is 0 Å². The summed E-state index contributed by atoms with van der Waals surface area (Å²) < 4.78 is 0. The van der Waals surface area contributed by atoms with Crippen LogP contribution in [0.2, 0.25) is 0 Å². The average molecular weight is 278 g/mol. The molecule has 1 aliphatic rings. The molecule has 2 atom stereocenters. The molecule has 1 heterocycles. The molecule has 0 fully saturated rings. The normalized spacial score (nSPS) is 19.8. The molecular weight excluding hydrogens is 260 g/mol. The van der Waals surface area contributed by atoms with Crippen LogP contribution in [0.1, 0.15) is 30.0 Å². The van der Waals surface area contributed by atoms with E-state index in [1.54, 1.807) is 12.1 Å². The molecule has 3 nitrogen and oxygen atoms in total. The largest absolute Gasteiger partial charge is 0.383 e. The van der Waals surface area contributed by atoms with E-state index in [2.05, 4.69) is 17.5 Å². The van der Waals surface area contributed by atoms with Gasteiger partial charge in [0.25, 0.3) is 0 Å². The van der Waals surface area contributed by atoms with E-state index < -0.39 is 5.60 Å². The molecule has 106 valence electrons. The van der Waals surface area contributed by atoms with E-state index in [1.807, 2.05) is 37.3 Å². The zero-order valence-electron chi connectivity index (χ0n) is 12.0. The summed E-state index contributed by atoms with van der Waals surface area (Å²) in [5, 5.41) is 23.4. The smallest absolute Gasteiger partial charge is 0.107 e. The maximum Gasteiger partial charge on any atom is 0.107 e. The summed E-state index contributed by atoms with van der Waals surface area (Å²) in [5.41, 5.74) is 2.71. The van der Waals surface area contributed by atoms with Gasteiger partial charge >= 0.3 is 0 Å². The molecule has 3 heteroatoms. The van der Waals surface area contributed by atoms with E-state index in [1.165, 1.54) is 5.56 Å².